The number of nitrogen functional groups attached to an aromatic ring is 1. The maximum absolute atomic E-state index is 5.78. The van der Waals surface area contributed by atoms with E-state index in [4.69, 9.17) is 5.73 Å². The number of nitrogens with two attached hydrogens (primary N) is 1. The van der Waals surface area contributed by atoms with E-state index in [1.165, 1.54) is 19.3 Å². The number of nitrogens with zero attached hydrogens (tertiary/aromatic N) is 6. The molecule has 2 N–H and O–H groups in total. The van der Waals surface area contributed by atoms with Crippen molar-refractivity contribution in [2.45, 2.75) is 26.2 Å². The molecule has 3 rings (SSSR count). The Labute approximate surface area is 111 Å². The highest BCUT2D eigenvalue weighted by Crippen LogP contribution is 2.17. The summed E-state index contributed by atoms with van der Waals surface area (Å²) in [6, 6.07) is 0. The third-order valence-corrected chi connectivity index (χ3v) is 3.18. The highest BCUT2D eigenvalue weighted by Gasteiger charge is 2.16. The predicted octanol–water partition coefficient (Wildman–Crippen LogP) is 0.938. The number of hydrogen-bond acceptors (Lipinski definition) is 6. The molecule has 1 fully saturated rings. The van der Waals surface area contributed by atoms with Crippen LogP contribution in [-0.2, 0) is 0 Å². The first kappa shape index (κ1) is 11.9. The highest BCUT2D eigenvalue weighted by atomic mass is 15.4. The second-order valence-electron chi connectivity index (χ2n) is 4.80. The van der Waals surface area contributed by atoms with Crippen LogP contribution < -0.4 is 10.6 Å². The van der Waals surface area contributed by atoms with Crippen LogP contribution in [0, 0.1) is 6.92 Å². The average molecular weight is 259 g/mol. The van der Waals surface area contributed by atoms with Crippen molar-refractivity contribution in [3.8, 4) is 5.95 Å². The molecule has 0 amide bonds. The van der Waals surface area contributed by atoms with Gasteiger partial charge in [0.25, 0.3) is 5.95 Å². The SMILES string of the molecule is Cc1cnn(-c2nc(N)nc(N3CCCCC3)n2)c1. The van der Waals surface area contributed by atoms with Gasteiger partial charge in [0.1, 0.15) is 0 Å². The molecular formula is C12H17N7. The lowest BCUT2D eigenvalue weighted by Crippen LogP contribution is -2.31. The van der Waals surface area contributed by atoms with Gasteiger partial charge in [-0.2, -0.15) is 20.1 Å². The fourth-order valence-electron chi connectivity index (χ4n) is 2.23. The monoisotopic (exact) mass is 259 g/mol. The number of aryl methyl sites for hydroxylation is 1. The topological polar surface area (TPSA) is 85.8 Å². The van der Waals surface area contributed by atoms with E-state index in [1.54, 1.807) is 10.9 Å². The molecule has 0 saturated carbocycles. The lowest BCUT2D eigenvalue weighted by Gasteiger charge is -2.26. The van der Waals surface area contributed by atoms with E-state index < -0.39 is 0 Å². The van der Waals surface area contributed by atoms with Gasteiger partial charge in [0, 0.05) is 19.3 Å². The Morgan fingerprint density at radius 3 is 2.47 bits per heavy atom. The molecule has 2 aromatic heterocycles. The number of aromatic nitrogens is 5. The summed E-state index contributed by atoms with van der Waals surface area (Å²) in [4.78, 5) is 15.0. The van der Waals surface area contributed by atoms with Gasteiger partial charge in [-0.05, 0) is 31.7 Å². The Balaban J connectivity index is 1.95. The van der Waals surface area contributed by atoms with Gasteiger partial charge in [-0.25, -0.2) is 4.68 Å². The zero-order valence-corrected chi connectivity index (χ0v) is 11.0. The molecule has 0 aliphatic carbocycles. The fourth-order valence-corrected chi connectivity index (χ4v) is 2.23. The number of rotatable bonds is 2. The Kier molecular flexibility index (Phi) is 3.02. The first-order valence-electron chi connectivity index (χ1n) is 6.50. The van der Waals surface area contributed by atoms with Gasteiger partial charge >= 0.3 is 0 Å². The Morgan fingerprint density at radius 2 is 1.79 bits per heavy atom. The predicted molar refractivity (Wildman–Crippen MR) is 72.2 cm³/mol. The third-order valence-electron chi connectivity index (χ3n) is 3.18. The van der Waals surface area contributed by atoms with Crippen molar-refractivity contribution < 1.29 is 0 Å². The van der Waals surface area contributed by atoms with Crippen LogP contribution in [0.25, 0.3) is 5.95 Å². The summed E-state index contributed by atoms with van der Waals surface area (Å²) >= 11 is 0. The van der Waals surface area contributed by atoms with Crippen LogP contribution in [0.15, 0.2) is 12.4 Å². The lowest BCUT2D eigenvalue weighted by atomic mass is 10.1. The van der Waals surface area contributed by atoms with Gasteiger partial charge in [0.15, 0.2) is 0 Å². The van der Waals surface area contributed by atoms with Crippen molar-refractivity contribution in [3.63, 3.8) is 0 Å². The summed E-state index contributed by atoms with van der Waals surface area (Å²) in [5.41, 5.74) is 6.83. The summed E-state index contributed by atoms with van der Waals surface area (Å²) in [5, 5.41) is 4.20. The quantitative estimate of drug-likeness (QED) is 0.863. The van der Waals surface area contributed by atoms with Crippen LogP contribution in [0.5, 0.6) is 0 Å². The third kappa shape index (κ3) is 2.49. The second kappa shape index (κ2) is 4.83. The second-order valence-corrected chi connectivity index (χ2v) is 4.80. The normalized spacial score (nSPS) is 15.7. The molecule has 0 atom stereocenters. The highest BCUT2D eigenvalue weighted by molar-refractivity contribution is 5.38. The van der Waals surface area contributed by atoms with Crippen LogP contribution in [0.3, 0.4) is 0 Å². The van der Waals surface area contributed by atoms with Crippen molar-refractivity contribution in [1.29, 1.82) is 0 Å². The summed E-state index contributed by atoms with van der Waals surface area (Å²) < 4.78 is 1.63. The Hall–Kier alpha value is -2.18. The van der Waals surface area contributed by atoms with Crippen LogP contribution in [0.4, 0.5) is 11.9 Å². The molecule has 1 saturated heterocycles. The number of anilines is 2. The van der Waals surface area contributed by atoms with Crippen molar-refractivity contribution >= 4 is 11.9 Å². The van der Waals surface area contributed by atoms with E-state index in [0.717, 1.165) is 18.7 Å². The largest absolute Gasteiger partial charge is 0.368 e. The Morgan fingerprint density at radius 1 is 1.05 bits per heavy atom. The minimum atomic E-state index is 0.235. The van der Waals surface area contributed by atoms with Crippen LogP contribution in [0.2, 0.25) is 0 Å². The van der Waals surface area contributed by atoms with E-state index in [2.05, 4.69) is 25.0 Å². The molecule has 0 bridgehead atoms. The van der Waals surface area contributed by atoms with Gasteiger partial charge in [0.2, 0.25) is 11.9 Å². The first-order chi connectivity index (χ1) is 9.22. The van der Waals surface area contributed by atoms with E-state index in [0.29, 0.717) is 11.9 Å². The summed E-state index contributed by atoms with van der Waals surface area (Å²) in [6.07, 6.45) is 7.24. The molecule has 0 spiro atoms. The van der Waals surface area contributed by atoms with E-state index >= 15 is 0 Å². The van der Waals surface area contributed by atoms with Crippen LogP contribution in [-0.4, -0.2) is 37.8 Å². The molecule has 0 unspecified atom stereocenters. The molecule has 7 heteroatoms. The molecule has 0 aromatic carbocycles. The minimum absolute atomic E-state index is 0.235. The summed E-state index contributed by atoms with van der Waals surface area (Å²) in [6.45, 7) is 3.92. The molecule has 0 radical (unpaired) electrons. The van der Waals surface area contributed by atoms with Gasteiger partial charge < -0.3 is 10.6 Å². The van der Waals surface area contributed by atoms with Crippen LogP contribution >= 0.6 is 0 Å². The molecular weight excluding hydrogens is 242 g/mol. The first-order valence-corrected chi connectivity index (χ1v) is 6.50. The van der Waals surface area contributed by atoms with Crippen molar-refractivity contribution in [2.24, 2.45) is 0 Å². The van der Waals surface area contributed by atoms with Gasteiger partial charge in [-0.1, -0.05) is 0 Å². The zero-order valence-electron chi connectivity index (χ0n) is 11.0. The lowest BCUT2D eigenvalue weighted by molar-refractivity contribution is 0.566. The molecule has 3 heterocycles. The minimum Gasteiger partial charge on any atom is -0.368 e. The van der Waals surface area contributed by atoms with Crippen molar-refractivity contribution in [2.75, 3.05) is 23.7 Å². The Bertz CT molecular complexity index is 571. The van der Waals surface area contributed by atoms with E-state index in [9.17, 15) is 0 Å². The van der Waals surface area contributed by atoms with Crippen molar-refractivity contribution in [3.05, 3.63) is 18.0 Å². The van der Waals surface area contributed by atoms with Gasteiger partial charge in [-0.3, -0.25) is 0 Å². The van der Waals surface area contributed by atoms with Crippen LogP contribution in [0.1, 0.15) is 24.8 Å². The maximum Gasteiger partial charge on any atom is 0.257 e. The summed E-state index contributed by atoms with van der Waals surface area (Å²) in [7, 11) is 0. The summed E-state index contributed by atoms with van der Waals surface area (Å²) in [5.74, 6) is 1.36. The van der Waals surface area contributed by atoms with Gasteiger partial charge in [0.05, 0.1) is 6.20 Å². The van der Waals surface area contributed by atoms with Crippen molar-refractivity contribution in [1.82, 2.24) is 24.7 Å². The maximum atomic E-state index is 5.78. The smallest absolute Gasteiger partial charge is 0.257 e. The molecule has 19 heavy (non-hydrogen) atoms. The van der Waals surface area contributed by atoms with Gasteiger partial charge in [-0.15, -0.1) is 0 Å². The average Bonchev–Trinajstić information content (AvgIpc) is 2.86. The molecule has 1 aliphatic rings. The van der Waals surface area contributed by atoms with E-state index in [1.807, 2.05) is 13.1 Å². The molecule has 100 valence electrons. The van der Waals surface area contributed by atoms with E-state index in [-0.39, 0.29) is 5.95 Å². The molecule has 1 aliphatic heterocycles. The fraction of sp³-hybridized carbons (Fsp3) is 0.500. The zero-order chi connectivity index (χ0) is 13.2. The molecule has 7 nitrogen and oxygen atoms in total. The molecule has 2 aromatic rings. The number of hydrogen-bond donors (Lipinski definition) is 1. The standard InChI is InChI=1S/C12H17N7/c1-9-7-14-19(8-9)12-16-10(13)15-11(17-12)18-5-3-2-4-6-18/h7-8H,2-6H2,1H3,(H2,13,15,16,17). The number of piperidine rings is 1.